The second-order valence-corrected chi connectivity index (χ2v) is 8.35. The largest absolute Gasteiger partial charge is 0.451 e. The fourth-order valence-electron chi connectivity index (χ4n) is 2.59. The summed E-state index contributed by atoms with van der Waals surface area (Å²) in [6.07, 6.45) is 0.845. The first-order chi connectivity index (χ1) is 13.4. The van der Waals surface area contributed by atoms with E-state index >= 15 is 0 Å². The van der Waals surface area contributed by atoms with Gasteiger partial charge in [0.25, 0.3) is 5.91 Å². The Labute approximate surface area is 191 Å². The molecule has 0 aliphatic carbocycles. The van der Waals surface area contributed by atoms with Gasteiger partial charge in [-0.1, -0.05) is 30.1 Å². The topological polar surface area (TPSA) is 54.3 Å². The van der Waals surface area contributed by atoms with Crippen molar-refractivity contribution in [1.29, 1.82) is 0 Å². The second kappa shape index (κ2) is 9.26. The Morgan fingerprint density at radius 2 is 1.93 bits per heavy atom. The van der Waals surface area contributed by atoms with Gasteiger partial charge in [0.05, 0.1) is 5.02 Å². The first kappa shape index (κ1) is 21.1. The lowest BCUT2D eigenvalue weighted by Gasteiger charge is -2.12. The molecule has 0 atom stereocenters. The van der Waals surface area contributed by atoms with Crippen molar-refractivity contribution >= 4 is 74.7 Å². The average molecular weight is 545 g/mol. The summed E-state index contributed by atoms with van der Waals surface area (Å²) in [6.45, 7) is 2.06. The first-order valence-electron chi connectivity index (χ1n) is 8.33. The third-order valence-corrected chi connectivity index (χ3v) is 5.39. The standard InChI is InChI=1S/C20H15Cl2IN2O2S/c1-2-11-9-13(23)4-6-16(11)24-20(28)25-19(26)18-8-7-17(27-18)14-10-12(21)3-5-15(14)22/h3-10H,2H2,1H3,(H2,24,25,26,28). The van der Waals surface area contributed by atoms with Crippen molar-refractivity contribution in [3.8, 4) is 11.3 Å². The second-order valence-electron chi connectivity index (χ2n) is 5.85. The van der Waals surface area contributed by atoms with Gasteiger partial charge in [-0.3, -0.25) is 10.1 Å². The van der Waals surface area contributed by atoms with E-state index in [0.717, 1.165) is 21.2 Å². The highest BCUT2D eigenvalue weighted by Gasteiger charge is 2.16. The van der Waals surface area contributed by atoms with Crippen LogP contribution in [0.15, 0.2) is 52.9 Å². The Morgan fingerprint density at radius 3 is 2.68 bits per heavy atom. The molecule has 0 spiro atoms. The molecule has 2 N–H and O–H groups in total. The molecule has 3 aromatic rings. The van der Waals surface area contributed by atoms with Gasteiger partial charge in [0.2, 0.25) is 0 Å². The molecule has 0 radical (unpaired) electrons. The lowest BCUT2D eigenvalue weighted by Crippen LogP contribution is -2.34. The van der Waals surface area contributed by atoms with E-state index in [4.69, 9.17) is 39.8 Å². The molecule has 4 nitrogen and oxygen atoms in total. The van der Waals surface area contributed by atoms with Crippen LogP contribution in [0.5, 0.6) is 0 Å². The smallest absolute Gasteiger partial charge is 0.293 e. The number of furan rings is 1. The van der Waals surface area contributed by atoms with E-state index in [0.29, 0.717) is 21.4 Å². The molecule has 0 saturated heterocycles. The van der Waals surface area contributed by atoms with Crippen LogP contribution >= 0.6 is 58.0 Å². The van der Waals surface area contributed by atoms with E-state index < -0.39 is 5.91 Å². The van der Waals surface area contributed by atoms with E-state index in [9.17, 15) is 4.79 Å². The van der Waals surface area contributed by atoms with Crippen LogP contribution in [0, 0.1) is 3.57 Å². The molecule has 1 amide bonds. The van der Waals surface area contributed by atoms with Crippen LogP contribution in [0.1, 0.15) is 23.0 Å². The number of anilines is 1. The zero-order chi connectivity index (χ0) is 20.3. The summed E-state index contributed by atoms with van der Waals surface area (Å²) in [7, 11) is 0. The zero-order valence-electron chi connectivity index (χ0n) is 14.7. The third kappa shape index (κ3) is 5.05. The van der Waals surface area contributed by atoms with E-state index in [1.54, 1.807) is 30.3 Å². The van der Waals surface area contributed by atoms with E-state index in [-0.39, 0.29) is 10.9 Å². The van der Waals surface area contributed by atoms with Crippen molar-refractivity contribution in [2.45, 2.75) is 13.3 Å². The number of nitrogens with one attached hydrogen (secondary N) is 2. The third-order valence-electron chi connectivity index (χ3n) is 3.95. The fraction of sp³-hybridized carbons (Fsp3) is 0.100. The summed E-state index contributed by atoms with van der Waals surface area (Å²) in [5, 5.41) is 6.89. The SMILES string of the molecule is CCc1cc(I)ccc1NC(=S)NC(=O)c1ccc(-c2cc(Cl)ccc2Cl)o1. The summed E-state index contributed by atoms with van der Waals surface area (Å²) < 4.78 is 6.77. The summed E-state index contributed by atoms with van der Waals surface area (Å²) in [5.41, 5.74) is 2.58. The Balaban J connectivity index is 1.71. The molecule has 0 aliphatic heterocycles. The molecule has 0 aliphatic rings. The Bertz CT molecular complexity index is 1050. The minimum Gasteiger partial charge on any atom is -0.451 e. The minimum absolute atomic E-state index is 0.119. The van der Waals surface area contributed by atoms with Crippen LogP contribution in [0.3, 0.4) is 0 Å². The Morgan fingerprint density at radius 1 is 1.14 bits per heavy atom. The van der Waals surface area contributed by atoms with Gasteiger partial charge >= 0.3 is 0 Å². The monoisotopic (exact) mass is 544 g/mol. The van der Waals surface area contributed by atoms with Crippen molar-refractivity contribution in [2.75, 3.05) is 5.32 Å². The number of hydrogen-bond donors (Lipinski definition) is 2. The molecule has 3 rings (SSSR count). The van der Waals surface area contributed by atoms with Crippen LogP contribution < -0.4 is 10.6 Å². The number of aryl methyl sites for hydroxylation is 1. The number of rotatable bonds is 4. The predicted octanol–water partition coefficient (Wildman–Crippen LogP) is 6.55. The van der Waals surface area contributed by atoms with E-state index in [2.05, 4.69) is 46.2 Å². The molecule has 1 heterocycles. The van der Waals surface area contributed by atoms with Gasteiger partial charge in [0, 0.05) is 19.8 Å². The van der Waals surface area contributed by atoms with Crippen molar-refractivity contribution in [3.05, 3.63) is 73.5 Å². The number of carbonyl (C=O) groups excluding carboxylic acids is 1. The summed E-state index contributed by atoms with van der Waals surface area (Å²) in [5.74, 6) is 0.112. The molecule has 0 saturated carbocycles. The molecule has 0 fully saturated rings. The Kier molecular flexibility index (Phi) is 6.98. The van der Waals surface area contributed by atoms with Gasteiger partial charge in [0.1, 0.15) is 5.76 Å². The van der Waals surface area contributed by atoms with Gasteiger partial charge in [-0.25, -0.2) is 0 Å². The number of hydrogen-bond acceptors (Lipinski definition) is 3. The average Bonchev–Trinajstić information content (AvgIpc) is 3.15. The van der Waals surface area contributed by atoms with Crippen molar-refractivity contribution in [1.82, 2.24) is 5.32 Å². The number of carbonyl (C=O) groups is 1. The van der Waals surface area contributed by atoms with Gasteiger partial charge < -0.3 is 9.73 Å². The molecule has 0 bridgehead atoms. The highest BCUT2D eigenvalue weighted by molar-refractivity contribution is 14.1. The van der Waals surface area contributed by atoms with Crippen molar-refractivity contribution < 1.29 is 9.21 Å². The lowest BCUT2D eigenvalue weighted by atomic mass is 10.1. The number of benzene rings is 2. The zero-order valence-corrected chi connectivity index (χ0v) is 19.2. The van der Waals surface area contributed by atoms with Gasteiger partial charge in [0.15, 0.2) is 10.9 Å². The lowest BCUT2D eigenvalue weighted by molar-refractivity contribution is 0.0951. The van der Waals surface area contributed by atoms with E-state index in [1.807, 2.05) is 12.1 Å². The Hall–Kier alpha value is -1.61. The number of amides is 1. The first-order valence-corrected chi connectivity index (χ1v) is 10.6. The summed E-state index contributed by atoms with van der Waals surface area (Å²) in [6, 6.07) is 14.2. The van der Waals surface area contributed by atoms with E-state index in [1.165, 1.54) is 0 Å². The number of halogens is 3. The van der Waals surface area contributed by atoms with Gasteiger partial charge in [-0.2, -0.15) is 0 Å². The molecule has 144 valence electrons. The van der Waals surface area contributed by atoms with Crippen LogP contribution in [-0.2, 0) is 6.42 Å². The number of thiocarbonyl (C=S) groups is 1. The highest BCUT2D eigenvalue weighted by Crippen LogP contribution is 2.31. The fourth-order valence-corrected chi connectivity index (χ4v) is 3.73. The van der Waals surface area contributed by atoms with Crippen LogP contribution in [-0.4, -0.2) is 11.0 Å². The molecular weight excluding hydrogens is 530 g/mol. The molecule has 28 heavy (non-hydrogen) atoms. The molecular formula is C20H15Cl2IN2O2S. The molecule has 8 heteroatoms. The summed E-state index contributed by atoms with van der Waals surface area (Å²) >= 11 is 19.7. The normalized spacial score (nSPS) is 10.6. The van der Waals surface area contributed by atoms with Gasteiger partial charge in [-0.15, -0.1) is 0 Å². The minimum atomic E-state index is -0.453. The molecule has 1 aromatic heterocycles. The summed E-state index contributed by atoms with van der Waals surface area (Å²) in [4.78, 5) is 12.5. The van der Waals surface area contributed by atoms with Crippen molar-refractivity contribution in [3.63, 3.8) is 0 Å². The highest BCUT2D eigenvalue weighted by atomic mass is 127. The van der Waals surface area contributed by atoms with Crippen LogP contribution in [0.4, 0.5) is 5.69 Å². The maximum Gasteiger partial charge on any atom is 0.293 e. The molecule has 2 aromatic carbocycles. The molecule has 0 unspecified atom stereocenters. The van der Waals surface area contributed by atoms with Gasteiger partial charge in [-0.05, 0) is 95.3 Å². The quantitative estimate of drug-likeness (QED) is 0.289. The van der Waals surface area contributed by atoms with Crippen molar-refractivity contribution in [2.24, 2.45) is 0 Å². The predicted molar refractivity (Wildman–Crippen MR) is 126 cm³/mol. The van der Waals surface area contributed by atoms with Crippen LogP contribution in [0.25, 0.3) is 11.3 Å². The van der Waals surface area contributed by atoms with Crippen LogP contribution in [0.2, 0.25) is 10.0 Å². The maximum absolute atomic E-state index is 12.5. The maximum atomic E-state index is 12.5.